The summed E-state index contributed by atoms with van der Waals surface area (Å²) in [5.74, 6) is -0.922. The van der Waals surface area contributed by atoms with Gasteiger partial charge in [0.15, 0.2) is 0 Å². The molecule has 4 nitrogen and oxygen atoms in total. The molecule has 2 aromatic carbocycles. The summed E-state index contributed by atoms with van der Waals surface area (Å²) in [4.78, 5) is 22.7. The summed E-state index contributed by atoms with van der Waals surface area (Å²) in [7, 11) is 0. The van der Waals surface area contributed by atoms with E-state index in [0.29, 0.717) is 19.4 Å². The van der Waals surface area contributed by atoms with Gasteiger partial charge in [-0.15, -0.1) is 0 Å². The summed E-state index contributed by atoms with van der Waals surface area (Å²) in [6.07, 6.45) is 1.84. The highest BCUT2D eigenvalue weighted by Gasteiger charge is 2.06. The van der Waals surface area contributed by atoms with Crippen molar-refractivity contribution in [3.63, 3.8) is 0 Å². The van der Waals surface area contributed by atoms with E-state index in [4.69, 9.17) is 5.11 Å². The van der Waals surface area contributed by atoms with Crippen LogP contribution < -0.4 is 5.32 Å². The van der Waals surface area contributed by atoms with E-state index in [0.717, 1.165) is 12.0 Å². The first kappa shape index (κ1) is 17.7. The number of rotatable bonds is 7. The van der Waals surface area contributed by atoms with Crippen molar-refractivity contribution in [2.75, 3.05) is 6.54 Å². The molecule has 0 saturated heterocycles. The maximum absolute atomic E-state index is 11.9. The van der Waals surface area contributed by atoms with E-state index in [1.54, 1.807) is 24.3 Å². The van der Waals surface area contributed by atoms with Crippen LogP contribution in [0.3, 0.4) is 0 Å². The molecule has 24 heavy (non-hydrogen) atoms. The van der Waals surface area contributed by atoms with Crippen LogP contribution in [0.25, 0.3) is 0 Å². The zero-order chi connectivity index (χ0) is 17.5. The van der Waals surface area contributed by atoms with Gasteiger partial charge in [0.25, 0.3) is 0 Å². The number of nitrogens with one attached hydrogen (secondary N) is 1. The summed E-state index contributed by atoms with van der Waals surface area (Å²) in [6, 6.07) is 12.9. The third-order valence-corrected chi connectivity index (χ3v) is 4.18. The highest BCUT2D eigenvalue weighted by Crippen LogP contribution is 2.13. The van der Waals surface area contributed by atoms with Crippen molar-refractivity contribution in [3.8, 4) is 0 Å². The molecule has 0 aromatic heterocycles. The van der Waals surface area contributed by atoms with Gasteiger partial charge in [0, 0.05) is 13.0 Å². The molecule has 2 aromatic rings. The van der Waals surface area contributed by atoms with Gasteiger partial charge in [-0.05, 0) is 61.1 Å². The molecule has 0 bridgehead atoms. The van der Waals surface area contributed by atoms with Crippen LogP contribution in [0.2, 0.25) is 0 Å². The molecule has 0 saturated carbocycles. The Morgan fingerprint density at radius 1 is 0.958 bits per heavy atom. The minimum Gasteiger partial charge on any atom is -0.478 e. The molecule has 0 heterocycles. The summed E-state index contributed by atoms with van der Waals surface area (Å²) < 4.78 is 0. The van der Waals surface area contributed by atoms with E-state index in [1.807, 2.05) is 6.07 Å². The molecule has 0 unspecified atom stereocenters. The molecule has 2 rings (SSSR count). The minimum absolute atomic E-state index is 0.0172. The predicted molar refractivity (Wildman–Crippen MR) is 94.4 cm³/mol. The first-order chi connectivity index (χ1) is 11.5. The predicted octanol–water partition coefficient (Wildman–Crippen LogP) is 3.29. The summed E-state index contributed by atoms with van der Waals surface area (Å²) in [5, 5.41) is 11.8. The average Bonchev–Trinajstić information content (AvgIpc) is 2.56. The smallest absolute Gasteiger partial charge is 0.335 e. The lowest BCUT2D eigenvalue weighted by Crippen LogP contribution is -2.26. The van der Waals surface area contributed by atoms with Crippen molar-refractivity contribution in [3.05, 3.63) is 70.3 Å². The van der Waals surface area contributed by atoms with Crippen molar-refractivity contribution < 1.29 is 14.7 Å². The van der Waals surface area contributed by atoms with Crippen molar-refractivity contribution >= 4 is 11.9 Å². The van der Waals surface area contributed by atoms with Crippen molar-refractivity contribution in [2.45, 2.75) is 33.1 Å². The summed E-state index contributed by atoms with van der Waals surface area (Å²) >= 11 is 0. The lowest BCUT2D eigenvalue weighted by molar-refractivity contribution is -0.121. The van der Waals surface area contributed by atoms with Crippen LogP contribution >= 0.6 is 0 Å². The van der Waals surface area contributed by atoms with Crippen LogP contribution in [0.5, 0.6) is 0 Å². The second-order valence-corrected chi connectivity index (χ2v) is 5.97. The number of aromatic carboxylic acids is 1. The topological polar surface area (TPSA) is 66.4 Å². The Hall–Kier alpha value is -2.62. The molecule has 0 atom stereocenters. The highest BCUT2D eigenvalue weighted by atomic mass is 16.4. The van der Waals surface area contributed by atoms with Gasteiger partial charge in [-0.2, -0.15) is 0 Å². The van der Waals surface area contributed by atoms with Crippen molar-refractivity contribution in [1.82, 2.24) is 5.32 Å². The number of benzene rings is 2. The van der Waals surface area contributed by atoms with Crippen LogP contribution in [0.15, 0.2) is 42.5 Å². The summed E-state index contributed by atoms with van der Waals surface area (Å²) in [5.41, 5.74) is 5.02. The zero-order valence-corrected chi connectivity index (χ0v) is 14.1. The van der Waals surface area contributed by atoms with Crippen LogP contribution in [-0.4, -0.2) is 23.5 Å². The number of carbonyl (C=O) groups is 2. The van der Waals surface area contributed by atoms with E-state index in [2.05, 4.69) is 31.3 Å². The van der Waals surface area contributed by atoms with Gasteiger partial charge in [0.1, 0.15) is 0 Å². The Labute approximate surface area is 142 Å². The molecule has 1 amide bonds. The molecular formula is C20H23NO3. The second kappa shape index (κ2) is 8.29. The fourth-order valence-corrected chi connectivity index (χ4v) is 2.73. The molecule has 0 aliphatic rings. The molecule has 126 valence electrons. The van der Waals surface area contributed by atoms with Crippen LogP contribution in [0, 0.1) is 13.8 Å². The van der Waals surface area contributed by atoms with E-state index < -0.39 is 5.97 Å². The van der Waals surface area contributed by atoms with Gasteiger partial charge in [-0.1, -0.05) is 30.3 Å². The van der Waals surface area contributed by atoms with Crippen LogP contribution in [0.1, 0.15) is 39.0 Å². The SMILES string of the molecule is Cc1cccc(C)c1CCNC(=O)CCc1ccc(C(=O)O)cc1. The Balaban J connectivity index is 1.76. The number of amides is 1. The number of carbonyl (C=O) groups excluding carboxylic acids is 1. The van der Waals surface area contributed by atoms with Gasteiger partial charge >= 0.3 is 5.97 Å². The van der Waals surface area contributed by atoms with Crippen LogP contribution in [-0.2, 0) is 17.6 Å². The standard InChI is InChI=1S/C20H23NO3/c1-14-4-3-5-15(2)18(14)12-13-21-19(22)11-8-16-6-9-17(10-7-16)20(23)24/h3-7,9-10H,8,11-13H2,1-2H3,(H,21,22)(H,23,24). The van der Waals surface area contributed by atoms with Gasteiger partial charge in [0.05, 0.1) is 5.56 Å². The first-order valence-electron chi connectivity index (χ1n) is 8.11. The average molecular weight is 325 g/mol. The maximum Gasteiger partial charge on any atom is 0.335 e. The molecule has 4 heteroatoms. The molecule has 0 spiro atoms. The Bertz CT molecular complexity index is 700. The molecule has 2 N–H and O–H groups in total. The minimum atomic E-state index is -0.939. The fraction of sp³-hybridized carbons (Fsp3) is 0.300. The largest absolute Gasteiger partial charge is 0.478 e. The third kappa shape index (κ3) is 4.95. The van der Waals surface area contributed by atoms with E-state index >= 15 is 0 Å². The fourth-order valence-electron chi connectivity index (χ4n) is 2.73. The second-order valence-electron chi connectivity index (χ2n) is 5.97. The van der Waals surface area contributed by atoms with E-state index in [-0.39, 0.29) is 11.5 Å². The number of aryl methyl sites for hydroxylation is 3. The van der Waals surface area contributed by atoms with Gasteiger partial charge in [-0.25, -0.2) is 4.79 Å². The van der Waals surface area contributed by atoms with Gasteiger partial charge < -0.3 is 10.4 Å². The number of carboxylic acid groups (broad SMARTS) is 1. The van der Waals surface area contributed by atoms with E-state index in [9.17, 15) is 9.59 Å². The Kier molecular flexibility index (Phi) is 6.13. The Morgan fingerprint density at radius 3 is 2.17 bits per heavy atom. The molecule has 0 aliphatic heterocycles. The zero-order valence-electron chi connectivity index (χ0n) is 14.1. The Morgan fingerprint density at radius 2 is 1.58 bits per heavy atom. The monoisotopic (exact) mass is 325 g/mol. The van der Waals surface area contributed by atoms with E-state index in [1.165, 1.54) is 16.7 Å². The molecule has 0 aliphatic carbocycles. The third-order valence-electron chi connectivity index (χ3n) is 4.18. The maximum atomic E-state index is 11.9. The molecule has 0 radical (unpaired) electrons. The molecule has 0 fully saturated rings. The van der Waals surface area contributed by atoms with Crippen molar-refractivity contribution in [2.24, 2.45) is 0 Å². The summed E-state index contributed by atoms with van der Waals surface area (Å²) in [6.45, 7) is 4.80. The lowest BCUT2D eigenvalue weighted by Gasteiger charge is -2.10. The normalized spacial score (nSPS) is 10.4. The highest BCUT2D eigenvalue weighted by molar-refractivity contribution is 5.87. The lowest BCUT2D eigenvalue weighted by atomic mass is 10.0. The van der Waals surface area contributed by atoms with Gasteiger partial charge in [-0.3, -0.25) is 4.79 Å². The number of hydrogen-bond donors (Lipinski definition) is 2. The van der Waals surface area contributed by atoms with Crippen molar-refractivity contribution in [1.29, 1.82) is 0 Å². The number of hydrogen-bond acceptors (Lipinski definition) is 2. The van der Waals surface area contributed by atoms with Crippen LogP contribution in [0.4, 0.5) is 0 Å². The molecular weight excluding hydrogens is 302 g/mol. The quantitative estimate of drug-likeness (QED) is 0.821. The van der Waals surface area contributed by atoms with Gasteiger partial charge in [0.2, 0.25) is 5.91 Å². The number of carboxylic acids is 1. The first-order valence-corrected chi connectivity index (χ1v) is 8.11.